The van der Waals surface area contributed by atoms with Gasteiger partial charge in [0.05, 0.1) is 17.5 Å². The summed E-state index contributed by atoms with van der Waals surface area (Å²) in [4.78, 5) is 18.1. The van der Waals surface area contributed by atoms with Crippen molar-refractivity contribution in [1.29, 1.82) is 0 Å². The van der Waals surface area contributed by atoms with Crippen molar-refractivity contribution in [3.05, 3.63) is 30.9 Å². The van der Waals surface area contributed by atoms with E-state index >= 15 is 0 Å². The number of hydrogen-bond acceptors (Lipinski definition) is 11. The Labute approximate surface area is 199 Å². The van der Waals surface area contributed by atoms with Crippen LogP contribution in [0.15, 0.2) is 45.4 Å². The molecule has 178 valence electrons. The summed E-state index contributed by atoms with van der Waals surface area (Å²) in [5.41, 5.74) is 7.80. The number of imidazole rings is 1. The minimum absolute atomic E-state index is 0.0274. The molecule has 0 saturated carbocycles. The van der Waals surface area contributed by atoms with Gasteiger partial charge in [-0.25, -0.2) is 33.1 Å². The van der Waals surface area contributed by atoms with Gasteiger partial charge < -0.3 is 24.2 Å². The van der Waals surface area contributed by atoms with Crippen LogP contribution in [-0.4, -0.2) is 52.0 Å². The van der Waals surface area contributed by atoms with Crippen LogP contribution in [0, 0.1) is 0 Å². The minimum atomic E-state index is -3.27. The minimum Gasteiger partial charge on any atom is -0.454 e. The summed E-state index contributed by atoms with van der Waals surface area (Å²) >= 11 is 1.36. The number of benzene rings is 1. The first-order chi connectivity index (χ1) is 16.4. The molecule has 0 amide bonds. The molecule has 0 bridgehead atoms. The molecule has 4 aromatic rings. The molecule has 0 saturated heterocycles. The number of sulfonamides is 1. The van der Waals surface area contributed by atoms with Gasteiger partial charge in [-0.1, -0.05) is 11.8 Å². The smallest absolute Gasteiger partial charge is 0.231 e. The molecule has 0 spiro atoms. The summed E-state index contributed by atoms with van der Waals surface area (Å²) in [5, 5.41) is 0.604. The van der Waals surface area contributed by atoms with Crippen molar-refractivity contribution in [1.82, 2.24) is 29.2 Å². The second-order valence-electron chi connectivity index (χ2n) is 7.27. The van der Waals surface area contributed by atoms with Gasteiger partial charge in [0, 0.05) is 18.0 Å². The second kappa shape index (κ2) is 9.12. The molecule has 12 nitrogen and oxygen atoms in total. The van der Waals surface area contributed by atoms with Gasteiger partial charge in [0.2, 0.25) is 22.7 Å². The van der Waals surface area contributed by atoms with Gasteiger partial charge >= 0.3 is 0 Å². The number of ether oxygens (including phenoxy) is 2. The number of oxazole rings is 1. The Kier molecular flexibility index (Phi) is 6.02. The molecule has 3 aromatic heterocycles. The van der Waals surface area contributed by atoms with Gasteiger partial charge in [-0.15, -0.1) is 0 Å². The molecule has 4 heterocycles. The highest BCUT2D eigenvalue weighted by Crippen LogP contribution is 2.44. The van der Waals surface area contributed by atoms with Crippen LogP contribution in [0.5, 0.6) is 11.5 Å². The quantitative estimate of drug-likeness (QED) is 0.322. The zero-order chi connectivity index (χ0) is 23.7. The first-order valence-corrected chi connectivity index (χ1v) is 12.9. The maximum absolute atomic E-state index is 11.8. The van der Waals surface area contributed by atoms with Crippen molar-refractivity contribution in [2.45, 2.75) is 29.9 Å². The number of anilines is 1. The van der Waals surface area contributed by atoms with Crippen LogP contribution in [0.4, 0.5) is 5.82 Å². The maximum atomic E-state index is 11.8. The van der Waals surface area contributed by atoms with Crippen molar-refractivity contribution in [2.75, 3.05) is 24.8 Å². The number of nitrogen functional groups attached to an aromatic ring is 1. The Bertz CT molecular complexity index is 1440. The van der Waals surface area contributed by atoms with Crippen LogP contribution in [0.3, 0.4) is 0 Å². The highest BCUT2D eigenvalue weighted by molar-refractivity contribution is 7.99. The average Bonchev–Trinajstić information content (AvgIpc) is 3.57. The van der Waals surface area contributed by atoms with Crippen molar-refractivity contribution in [3.8, 4) is 23.0 Å². The lowest BCUT2D eigenvalue weighted by atomic mass is 10.2. The third-order valence-electron chi connectivity index (χ3n) is 5.12. The normalized spacial score (nSPS) is 13.1. The Hall–Kier alpha value is -3.36. The number of hydrogen-bond donors (Lipinski definition) is 2. The largest absolute Gasteiger partial charge is 0.454 e. The van der Waals surface area contributed by atoms with E-state index < -0.39 is 10.0 Å². The molecule has 0 atom stereocenters. The molecule has 0 unspecified atom stereocenters. The molecule has 34 heavy (non-hydrogen) atoms. The van der Waals surface area contributed by atoms with Crippen molar-refractivity contribution in [2.24, 2.45) is 0 Å². The average molecular weight is 504 g/mol. The van der Waals surface area contributed by atoms with E-state index in [2.05, 4.69) is 24.7 Å². The van der Waals surface area contributed by atoms with Crippen LogP contribution in [0.2, 0.25) is 0 Å². The van der Waals surface area contributed by atoms with E-state index in [1.807, 2.05) is 16.7 Å². The Balaban J connectivity index is 1.51. The van der Waals surface area contributed by atoms with E-state index in [1.54, 1.807) is 13.1 Å². The summed E-state index contributed by atoms with van der Waals surface area (Å²) in [5.74, 6) is 1.92. The third kappa shape index (κ3) is 4.38. The molecule has 1 aliphatic heterocycles. The third-order valence-corrected chi connectivity index (χ3v) is 7.58. The number of fused-ring (bicyclic) bond motifs is 2. The first kappa shape index (κ1) is 22.4. The number of rotatable bonds is 9. The van der Waals surface area contributed by atoms with E-state index in [0.717, 1.165) is 4.90 Å². The molecule has 3 N–H and O–H groups in total. The number of aromatic nitrogens is 5. The van der Waals surface area contributed by atoms with Crippen molar-refractivity contribution >= 4 is 38.8 Å². The van der Waals surface area contributed by atoms with Gasteiger partial charge in [-0.05, 0) is 25.5 Å². The van der Waals surface area contributed by atoms with Gasteiger partial charge in [0.25, 0.3) is 0 Å². The lowest BCUT2D eigenvalue weighted by Crippen LogP contribution is -2.27. The topological polar surface area (TPSA) is 160 Å². The summed E-state index contributed by atoms with van der Waals surface area (Å²) < 4.78 is 44.6. The molecular formula is C20H21N7O5S2. The van der Waals surface area contributed by atoms with Crippen LogP contribution in [-0.2, 0) is 16.6 Å². The van der Waals surface area contributed by atoms with Crippen LogP contribution >= 0.6 is 11.8 Å². The number of nitrogens with one attached hydrogen (secondary N) is 1. The second-order valence-corrected chi connectivity index (χ2v) is 10.4. The number of nitrogens with two attached hydrogens (primary N) is 1. The van der Waals surface area contributed by atoms with Gasteiger partial charge in [-0.2, -0.15) is 0 Å². The Morgan fingerprint density at radius 3 is 2.79 bits per heavy atom. The van der Waals surface area contributed by atoms with Gasteiger partial charge in [0.15, 0.2) is 33.6 Å². The van der Waals surface area contributed by atoms with Gasteiger partial charge in [0.1, 0.15) is 12.6 Å². The van der Waals surface area contributed by atoms with E-state index in [0.29, 0.717) is 52.2 Å². The van der Waals surface area contributed by atoms with Crippen molar-refractivity contribution in [3.63, 3.8) is 0 Å². The Morgan fingerprint density at radius 2 is 2.03 bits per heavy atom. The van der Waals surface area contributed by atoms with E-state index in [4.69, 9.17) is 19.6 Å². The summed E-state index contributed by atoms with van der Waals surface area (Å²) in [7, 11) is -3.27. The van der Waals surface area contributed by atoms with Crippen LogP contribution in [0.25, 0.3) is 22.6 Å². The fourth-order valence-corrected chi connectivity index (χ4v) is 5.11. The zero-order valence-corrected chi connectivity index (χ0v) is 19.7. The number of aryl methyl sites for hydroxylation is 1. The SMILES string of the molecule is CCS(=O)(=O)NCCCn1c(Sc2cc3c(cc2-c2ncco2)OCO3)nc2c(N)ncnc21. The predicted molar refractivity (Wildman–Crippen MR) is 124 cm³/mol. The van der Waals surface area contributed by atoms with Crippen LogP contribution < -0.4 is 19.9 Å². The Morgan fingerprint density at radius 1 is 1.21 bits per heavy atom. The monoisotopic (exact) mass is 503 g/mol. The molecule has 1 aromatic carbocycles. The van der Waals surface area contributed by atoms with E-state index in [-0.39, 0.29) is 24.9 Å². The molecule has 14 heteroatoms. The highest BCUT2D eigenvalue weighted by Gasteiger charge is 2.23. The molecule has 0 radical (unpaired) electrons. The zero-order valence-electron chi connectivity index (χ0n) is 18.1. The van der Waals surface area contributed by atoms with Crippen LogP contribution in [0.1, 0.15) is 13.3 Å². The van der Waals surface area contributed by atoms with Crippen molar-refractivity contribution < 1.29 is 22.3 Å². The summed E-state index contributed by atoms with van der Waals surface area (Å²) in [6.45, 7) is 2.47. The van der Waals surface area contributed by atoms with Gasteiger partial charge in [-0.3, -0.25) is 0 Å². The summed E-state index contributed by atoms with van der Waals surface area (Å²) in [6.07, 6.45) is 4.97. The number of nitrogens with zero attached hydrogens (tertiary/aromatic N) is 5. The summed E-state index contributed by atoms with van der Waals surface area (Å²) in [6, 6.07) is 3.66. The fourth-order valence-electron chi connectivity index (χ4n) is 3.41. The van der Waals surface area contributed by atoms with E-state index in [1.165, 1.54) is 24.4 Å². The molecular weight excluding hydrogens is 482 g/mol. The molecule has 0 aliphatic carbocycles. The van der Waals surface area contributed by atoms with E-state index in [9.17, 15) is 8.42 Å². The lowest BCUT2D eigenvalue weighted by Gasteiger charge is -2.11. The lowest BCUT2D eigenvalue weighted by molar-refractivity contribution is 0.174. The highest BCUT2D eigenvalue weighted by atomic mass is 32.2. The molecule has 0 fully saturated rings. The predicted octanol–water partition coefficient (Wildman–Crippen LogP) is 2.27. The fraction of sp³-hybridized carbons (Fsp3) is 0.300. The molecule has 5 rings (SSSR count). The first-order valence-electron chi connectivity index (χ1n) is 10.4. The standard InChI is InChI=1S/C20H21N7O5S2/c1-2-34(28,29)25-4-3-6-27-18-16(17(21)23-10-24-18)26-20(27)33-15-9-14-13(31-11-32-14)8-12(15)19-22-5-7-30-19/h5,7-10,25H,2-4,6,11H2,1H3,(H2,21,23,24). The maximum Gasteiger partial charge on any atom is 0.231 e. The molecule has 1 aliphatic rings.